The Morgan fingerprint density at radius 2 is 1.56 bits per heavy atom. The molecule has 0 spiro atoms. The van der Waals surface area contributed by atoms with Crippen LogP contribution in [0.2, 0.25) is 0 Å². The standard InChI is InChI=1S/C21H16F7NO4S/c1-32-10-6-12(22)17(13(23)7-10)18-11(20(34-29-18)21(26,27)28)8-33-19-14(24)4-9(5-15(19)25)2-3-16(30)31/h4-7,16,30-31H,2-3,8H2,1H3. The summed E-state index contributed by atoms with van der Waals surface area (Å²) < 4.78 is 111. The number of halogens is 7. The van der Waals surface area contributed by atoms with Crippen LogP contribution in [0.3, 0.4) is 0 Å². The molecular weight excluding hydrogens is 495 g/mol. The summed E-state index contributed by atoms with van der Waals surface area (Å²) in [5, 5.41) is 17.7. The largest absolute Gasteiger partial charge is 0.497 e. The number of aromatic nitrogens is 1. The number of aryl methyl sites for hydroxylation is 1. The van der Waals surface area contributed by atoms with E-state index < -0.39 is 69.8 Å². The quantitative estimate of drug-likeness (QED) is 0.321. The zero-order chi connectivity index (χ0) is 25.2. The first-order valence-electron chi connectivity index (χ1n) is 9.48. The van der Waals surface area contributed by atoms with E-state index >= 15 is 0 Å². The lowest BCUT2D eigenvalue weighted by Crippen LogP contribution is -2.10. The third-order valence-corrected chi connectivity index (χ3v) is 5.58. The van der Waals surface area contributed by atoms with Gasteiger partial charge in [0.1, 0.15) is 28.9 Å². The third kappa shape index (κ3) is 5.59. The fraction of sp³-hybridized carbons (Fsp3) is 0.286. The minimum Gasteiger partial charge on any atom is -0.497 e. The van der Waals surface area contributed by atoms with Crippen LogP contribution in [0.5, 0.6) is 11.5 Å². The van der Waals surface area contributed by atoms with E-state index in [-0.39, 0.29) is 35.7 Å². The van der Waals surface area contributed by atoms with Gasteiger partial charge in [-0.2, -0.15) is 17.5 Å². The Morgan fingerprint density at radius 3 is 2.06 bits per heavy atom. The lowest BCUT2D eigenvalue weighted by atomic mass is 10.0. The first-order valence-corrected chi connectivity index (χ1v) is 10.3. The maximum Gasteiger partial charge on any atom is 0.427 e. The molecule has 0 atom stereocenters. The van der Waals surface area contributed by atoms with E-state index in [4.69, 9.17) is 19.7 Å². The van der Waals surface area contributed by atoms with Gasteiger partial charge in [-0.3, -0.25) is 0 Å². The first kappa shape index (κ1) is 25.7. The number of rotatable bonds is 8. The Bertz CT molecular complexity index is 1130. The molecule has 1 aromatic heterocycles. The van der Waals surface area contributed by atoms with Gasteiger partial charge in [0, 0.05) is 24.1 Å². The van der Waals surface area contributed by atoms with Gasteiger partial charge in [0.05, 0.1) is 18.4 Å². The van der Waals surface area contributed by atoms with Gasteiger partial charge in [-0.15, -0.1) is 0 Å². The van der Waals surface area contributed by atoms with E-state index in [1.54, 1.807) is 0 Å². The van der Waals surface area contributed by atoms with Gasteiger partial charge in [-0.25, -0.2) is 17.6 Å². The molecule has 5 nitrogen and oxygen atoms in total. The van der Waals surface area contributed by atoms with Crippen molar-refractivity contribution in [1.29, 1.82) is 0 Å². The highest BCUT2D eigenvalue weighted by atomic mass is 32.1. The molecule has 0 unspecified atom stereocenters. The van der Waals surface area contributed by atoms with Crippen LogP contribution in [0, 0.1) is 23.3 Å². The summed E-state index contributed by atoms with van der Waals surface area (Å²) >= 11 is -0.0939. The number of hydrogen-bond donors (Lipinski definition) is 2. The van der Waals surface area contributed by atoms with Gasteiger partial charge in [0.15, 0.2) is 23.7 Å². The van der Waals surface area contributed by atoms with Crippen LogP contribution in [-0.2, 0) is 19.2 Å². The fourth-order valence-corrected chi connectivity index (χ4v) is 3.84. The molecule has 0 bridgehead atoms. The van der Waals surface area contributed by atoms with Gasteiger partial charge in [-0.05, 0) is 35.6 Å². The van der Waals surface area contributed by atoms with Crippen molar-refractivity contribution in [3.63, 3.8) is 0 Å². The number of aliphatic hydroxyl groups excluding tert-OH is 1. The Kier molecular flexibility index (Phi) is 7.68. The van der Waals surface area contributed by atoms with Gasteiger partial charge in [-0.1, -0.05) is 0 Å². The topological polar surface area (TPSA) is 71.8 Å². The molecule has 0 saturated carbocycles. The first-order chi connectivity index (χ1) is 15.9. The summed E-state index contributed by atoms with van der Waals surface area (Å²) in [6.07, 6.45) is -7.00. The maximum atomic E-state index is 14.5. The Balaban J connectivity index is 1.99. The molecule has 2 aromatic carbocycles. The average molecular weight is 511 g/mol. The van der Waals surface area contributed by atoms with Gasteiger partial charge >= 0.3 is 6.18 Å². The van der Waals surface area contributed by atoms with Crippen molar-refractivity contribution in [2.24, 2.45) is 0 Å². The van der Waals surface area contributed by atoms with Crippen molar-refractivity contribution < 1.29 is 50.4 Å². The summed E-state index contributed by atoms with van der Waals surface area (Å²) in [6.45, 7) is -1.10. The highest BCUT2D eigenvalue weighted by Crippen LogP contribution is 2.42. The number of alkyl halides is 3. The SMILES string of the molecule is COc1cc(F)c(-c2nsc(C(F)(F)F)c2COc2c(F)cc(CCC(O)O)cc2F)c(F)c1. The molecule has 0 aliphatic rings. The number of methoxy groups -OCH3 is 1. The number of ether oxygens (including phenoxy) is 2. The number of aliphatic hydroxyl groups is 2. The number of hydrogen-bond acceptors (Lipinski definition) is 6. The molecule has 3 aromatic rings. The molecule has 0 radical (unpaired) electrons. The molecule has 13 heteroatoms. The zero-order valence-electron chi connectivity index (χ0n) is 17.2. The molecule has 0 aliphatic heterocycles. The Morgan fingerprint density at radius 1 is 0.971 bits per heavy atom. The molecule has 184 valence electrons. The van der Waals surface area contributed by atoms with E-state index in [0.717, 1.165) is 31.4 Å². The van der Waals surface area contributed by atoms with Crippen LogP contribution >= 0.6 is 11.5 Å². The van der Waals surface area contributed by atoms with Crippen LogP contribution < -0.4 is 9.47 Å². The second-order valence-electron chi connectivity index (χ2n) is 7.00. The van der Waals surface area contributed by atoms with E-state index in [1.165, 1.54) is 0 Å². The molecule has 34 heavy (non-hydrogen) atoms. The van der Waals surface area contributed by atoms with Crippen molar-refractivity contribution in [2.45, 2.75) is 31.9 Å². The minimum atomic E-state index is -4.99. The molecule has 0 aliphatic carbocycles. The molecule has 2 N–H and O–H groups in total. The minimum absolute atomic E-state index is 0.0479. The van der Waals surface area contributed by atoms with Crippen molar-refractivity contribution in [3.8, 4) is 22.8 Å². The average Bonchev–Trinajstić information content (AvgIpc) is 3.15. The second kappa shape index (κ2) is 10.2. The van der Waals surface area contributed by atoms with Crippen molar-refractivity contribution in [2.75, 3.05) is 7.11 Å². The summed E-state index contributed by atoms with van der Waals surface area (Å²) in [4.78, 5) is -1.36. The normalized spacial score (nSPS) is 11.9. The fourth-order valence-electron chi connectivity index (χ4n) is 3.09. The van der Waals surface area contributed by atoms with Crippen LogP contribution in [0.15, 0.2) is 24.3 Å². The van der Waals surface area contributed by atoms with Gasteiger partial charge < -0.3 is 19.7 Å². The van der Waals surface area contributed by atoms with E-state index in [2.05, 4.69) is 4.37 Å². The predicted molar refractivity (Wildman–Crippen MR) is 106 cm³/mol. The monoisotopic (exact) mass is 511 g/mol. The summed E-state index contributed by atoms with van der Waals surface area (Å²) in [6, 6.07) is 3.14. The van der Waals surface area contributed by atoms with E-state index in [0.29, 0.717) is 0 Å². The summed E-state index contributed by atoms with van der Waals surface area (Å²) in [5.41, 5.74) is -2.38. The lowest BCUT2D eigenvalue weighted by molar-refractivity contribution is -0.135. The summed E-state index contributed by atoms with van der Waals surface area (Å²) in [7, 11) is 1.14. The van der Waals surface area contributed by atoms with Crippen molar-refractivity contribution in [3.05, 3.63) is 63.5 Å². The highest BCUT2D eigenvalue weighted by Gasteiger charge is 2.39. The Hall–Kier alpha value is -2.90. The lowest BCUT2D eigenvalue weighted by Gasteiger charge is -2.14. The predicted octanol–water partition coefficient (Wildman–Crippen LogP) is 5.22. The molecule has 1 heterocycles. The maximum absolute atomic E-state index is 14.5. The van der Waals surface area contributed by atoms with E-state index in [1.807, 2.05) is 0 Å². The van der Waals surface area contributed by atoms with Gasteiger partial charge in [0.25, 0.3) is 0 Å². The van der Waals surface area contributed by atoms with Crippen LogP contribution in [0.4, 0.5) is 30.7 Å². The van der Waals surface area contributed by atoms with Crippen LogP contribution in [0.25, 0.3) is 11.3 Å². The smallest absolute Gasteiger partial charge is 0.427 e. The number of nitrogens with zero attached hydrogens (tertiary/aromatic N) is 1. The summed E-state index contributed by atoms with van der Waals surface area (Å²) in [5.74, 6) is -6.28. The van der Waals surface area contributed by atoms with Crippen molar-refractivity contribution >= 4 is 11.5 Å². The third-order valence-electron chi connectivity index (χ3n) is 4.64. The molecule has 0 amide bonds. The second-order valence-corrected chi connectivity index (χ2v) is 7.77. The molecule has 0 fully saturated rings. The van der Waals surface area contributed by atoms with Gasteiger partial charge in [0.2, 0.25) is 0 Å². The van der Waals surface area contributed by atoms with Crippen LogP contribution in [0.1, 0.15) is 22.4 Å². The number of benzene rings is 2. The molecule has 3 rings (SSSR count). The Labute approximate surface area is 192 Å². The van der Waals surface area contributed by atoms with Crippen LogP contribution in [-0.4, -0.2) is 28.0 Å². The highest BCUT2D eigenvalue weighted by molar-refractivity contribution is 7.06. The van der Waals surface area contributed by atoms with Crippen molar-refractivity contribution in [1.82, 2.24) is 4.37 Å². The van der Waals surface area contributed by atoms with E-state index in [9.17, 15) is 30.7 Å². The molecule has 0 saturated heterocycles. The molecular formula is C21H16F7NO4S. The zero-order valence-corrected chi connectivity index (χ0v) is 18.0.